The zero-order valence-corrected chi connectivity index (χ0v) is 16.8. The van der Waals surface area contributed by atoms with E-state index in [1.807, 2.05) is 12.1 Å². The van der Waals surface area contributed by atoms with Gasteiger partial charge in [-0.15, -0.1) is 0 Å². The van der Waals surface area contributed by atoms with E-state index in [0.29, 0.717) is 12.5 Å². The first-order chi connectivity index (χ1) is 13.0. The number of carbonyl (C=O) groups is 1. The zero-order chi connectivity index (χ0) is 19.3. The van der Waals surface area contributed by atoms with Gasteiger partial charge in [0.25, 0.3) is 0 Å². The third-order valence-electron chi connectivity index (χ3n) is 5.55. The molecule has 0 saturated carbocycles. The van der Waals surface area contributed by atoms with E-state index in [1.54, 1.807) is 26.1 Å². The molecule has 150 valence electrons. The minimum absolute atomic E-state index is 0.0151. The summed E-state index contributed by atoms with van der Waals surface area (Å²) in [4.78, 5) is 15.5. The van der Waals surface area contributed by atoms with E-state index in [9.17, 15) is 4.79 Å². The molecule has 0 aromatic heterocycles. The van der Waals surface area contributed by atoms with Crippen molar-refractivity contribution >= 4 is 5.91 Å². The van der Waals surface area contributed by atoms with Crippen molar-refractivity contribution in [3.05, 3.63) is 29.8 Å². The Labute approximate surface area is 162 Å². The molecule has 0 N–H and O–H groups in total. The predicted molar refractivity (Wildman–Crippen MR) is 104 cm³/mol. The van der Waals surface area contributed by atoms with Crippen LogP contribution in [-0.4, -0.2) is 75.4 Å². The number of rotatable bonds is 8. The van der Waals surface area contributed by atoms with Crippen LogP contribution in [0.5, 0.6) is 5.75 Å². The number of likely N-dealkylation sites (N-methyl/N-ethyl adjacent to an activating group) is 1. The molecule has 1 amide bonds. The molecule has 1 aromatic rings. The summed E-state index contributed by atoms with van der Waals surface area (Å²) in [7, 11) is 5.21. The molecule has 2 aliphatic heterocycles. The summed E-state index contributed by atoms with van der Waals surface area (Å²) >= 11 is 0. The van der Waals surface area contributed by atoms with Crippen molar-refractivity contribution in [3.63, 3.8) is 0 Å². The molecular formula is C21H32N2O4. The van der Waals surface area contributed by atoms with E-state index in [1.165, 1.54) is 5.56 Å². The van der Waals surface area contributed by atoms with Crippen molar-refractivity contribution in [2.45, 2.75) is 31.4 Å². The predicted octanol–water partition coefficient (Wildman–Crippen LogP) is 2.17. The lowest BCUT2D eigenvalue weighted by Crippen LogP contribution is -2.64. The van der Waals surface area contributed by atoms with Gasteiger partial charge in [-0.05, 0) is 42.9 Å². The van der Waals surface area contributed by atoms with Crippen LogP contribution in [0.1, 0.15) is 24.8 Å². The highest BCUT2D eigenvalue weighted by Gasteiger charge is 2.47. The Morgan fingerprint density at radius 3 is 2.93 bits per heavy atom. The third-order valence-corrected chi connectivity index (χ3v) is 5.55. The zero-order valence-electron chi connectivity index (χ0n) is 16.8. The number of methoxy groups -OCH3 is 1. The number of benzene rings is 1. The Kier molecular flexibility index (Phi) is 6.73. The smallest absolute Gasteiger partial charge is 0.248 e. The molecule has 1 atom stereocenters. The van der Waals surface area contributed by atoms with Crippen molar-refractivity contribution in [3.8, 4) is 5.75 Å². The number of hydrogen-bond donors (Lipinski definition) is 0. The molecule has 2 saturated heterocycles. The second-order valence-corrected chi connectivity index (χ2v) is 8.02. The van der Waals surface area contributed by atoms with Gasteiger partial charge in [-0.1, -0.05) is 12.1 Å². The van der Waals surface area contributed by atoms with Gasteiger partial charge in [-0.25, -0.2) is 0 Å². The Bertz CT molecular complexity index is 628. The summed E-state index contributed by atoms with van der Waals surface area (Å²) in [5.74, 6) is 1.54. The highest BCUT2D eigenvalue weighted by molar-refractivity contribution is 5.76. The number of likely N-dealkylation sites (tertiary alicyclic amines) is 1. The van der Waals surface area contributed by atoms with Gasteiger partial charge >= 0.3 is 0 Å². The summed E-state index contributed by atoms with van der Waals surface area (Å²) in [5, 5.41) is 0. The van der Waals surface area contributed by atoms with Gasteiger partial charge in [-0.2, -0.15) is 0 Å². The van der Waals surface area contributed by atoms with Crippen molar-refractivity contribution < 1.29 is 19.0 Å². The molecule has 6 heteroatoms. The molecule has 6 nitrogen and oxygen atoms in total. The van der Waals surface area contributed by atoms with Crippen LogP contribution in [0.2, 0.25) is 0 Å². The fourth-order valence-corrected chi connectivity index (χ4v) is 4.04. The van der Waals surface area contributed by atoms with E-state index >= 15 is 0 Å². The minimum atomic E-state index is 0.0151. The Hall–Kier alpha value is -1.63. The number of carbonyl (C=O) groups excluding carboxylic acids is 1. The molecule has 0 radical (unpaired) electrons. The van der Waals surface area contributed by atoms with Gasteiger partial charge in [0.1, 0.15) is 12.4 Å². The molecule has 0 bridgehead atoms. The average molecular weight is 376 g/mol. The minimum Gasteiger partial charge on any atom is -0.497 e. The van der Waals surface area contributed by atoms with Crippen LogP contribution in [0.25, 0.3) is 0 Å². The summed E-state index contributed by atoms with van der Waals surface area (Å²) in [5.41, 5.74) is 1.29. The van der Waals surface area contributed by atoms with Crippen molar-refractivity contribution in [1.29, 1.82) is 0 Å². The summed E-state index contributed by atoms with van der Waals surface area (Å²) in [6.07, 6.45) is 3.18. The molecule has 2 heterocycles. The van der Waals surface area contributed by atoms with Crippen molar-refractivity contribution in [2.24, 2.45) is 5.92 Å². The van der Waals surface area contributed by atoms with Crippen LogP contribution >= 0.6 is 0 Å². The monoisotopic (exact) mass is 376 g/mol. The van der Waals surface area contributed by atoms with E-state index in [0.717, 1.165) is 51.3 Å². The Morgan fingerprint density at radius 1 is 1.37 bits per heavy atom. The maximum absolute atomic E-state index is 11.5. The molecule has 2 fully saturated rings. The van der Waals surface area contributed by atoms with Crippen LogP contribution in [0.4, 0.5) is 0 Å². The lowest BCUT2D eigenvalue weighted by Gasteiger charge is -2.53. The van der Waals surface area contributed by atoms with Crippen LogP contribution in [0.15, 0.2) is 24.3 Å². The van der Waals surface area contributed by atoms with Crippen molar-refractivity contribution in [1.82, 2.24) is 9.80 Å². The van der Waals surface area contributed by atoms with Crippen LogP contribution in [-0.2, 0) is 20.8 Å². The number of ether oxygens (including phenoxy) is 3. The molecule has 2 aliphatic rings. The van der Waals surface area contributed by atoms with E-state index in [4.69, 9.17) is 14.2 Å². The molecular weight excluding hydrogens is 344 g/mol. The number of amides is 1. The van der Waals surface area contributed by atoms with E-state index < -0.39 is 0 Å². The summed E-state index contributed by atoms with van der Waals surface area (Å²) in [6.45, 7) is 4.56. The molecule has 1 spiro atoms. The van der Waals surface area contributed by atoms with Gasteiger partial charge in [0.2, 0.25) is 5.91 Å². The lowest BCUT2D eigenvalue weighted by molar-refractivity contribution is -0.182. The van der Waals surface area contributed by atoms with Gasteiger partial charge in [0.05, 0.1) is 12.7 Å². The summed E-state index contributed by atoms with van der Waals surface area (Å²) < 4.78 is 17.0. The fraction of sp³-hybridized carbons (Fsp3) is 0.667. The first-order valence-corrected chi connectivity index (χ1v) is 9.77. The first kappa shape index (κ1) is 20.1. The normalized spacial score (nSPS) is 21.7. The lowest BCUT2D eigenvalue weighted by atomic mass is 9.79. The standard InChI is InChI=1S/C21H32N2O4/c1-22(2)20(24)14-26-9-7-17-8-10-27-21(12-17)15-23(16-21)13-18-5-4-6-19(11-18)25-3/h4-6,11,17H,7-10,12-16H2,1-3H3/t17-/m0/s1. The highest BCUT2D eigenvalue weighted by Crippen LogP contribution is 2.38. The number of hydrogen-bond acceptors (Lipinski definition) is 5. The first-order valence-electron chi connectivity index (χ1n) is 9.77. The van der Waals surface area contributed by atoms with E-state index in [2.05, 4.69) is 17.0 Å². The quantitative estimate of drug-likeness (QED) is 0.651. The SMILES string of the molecule is COc1cccc(CN2CC3(C[C@@H](CCOCC(=O)N(C)C)CCO3)C2)c1. The molecule has 0 aliphatic carbocycles. The Morgan fingerprint density at radius 2 is 2.19 bits per heavy atom. The van der Waals surface area contributed by atoms with Crippen LogP contribution in [0, 0.1) is 5.92 Å². The maximum Gasteiger partial charge on any atom is 0.248 e. The van der Waals surface area contributed by atoms with E-state index in [-0.39, 0.29) is 18.1 Å². The van der Waals surface area contributed by atoms with Gasteiger partial charge in [0, 0.05) is 46.9 Å². The largest absolute Gasteiger partial charge is 0.497 e. The summed E-state index contributed by atoms with van der Waals surface area (Å²) in [6, 6.07) is 8.26. The van der Waals surface area contributed by atoms with Crippen LogP contribution < -0.4 is 4.74 Å². The number of nitrogens with zero attached hydrogens (tertiary/aromatic N) is 2. The molecule has 3 rings (SSSR count). The van der Waals surface area contributed by atoms with Crippen molar-refractivity contribution in [2.75, 3.05) is 54.1 Å². The van der Waals surface area contributed by atoms with Gasteiger partial charge < -0.3 is 19.1 Å². The molecule has 1 aromatic carbocycles. The molecule has 0 unspecified atom stereocenters. The van der Waals surface area contributed by atoms with Gasteiger partial charge in [0.15, 0.2) is 0 Å². The fourth-order valence-electron chi connectivity index (χ4n) is 4.04. The maximum atomic E-state index is 11.5. The van der Waals surface area contributed by atoms with Crippen LogP contribution in [0.3, 0.4) is 0 Å². The highest BCUT2D eigenvalue weighted by atomic mass is 16.5. The molecule has 27 heavy (non-hydrogen) atoms. The van der Waals surface area contributed by atoms with Gasteiger partial charge in [-0.3, -0.25) is 9.69 Å². The Balaban J connectivity index is 1.39. The third kappa shape index (κ3) is 5.43. The second-order valence-electron chi connectivity index (χ2n) is 8.02. The second kappa shape index (κ2) is 9.04. The topological polar surface area (TPSA) is 51.2 Å². The average Bonchev–Trinajstić information content (AvgIpc) is 2.64.